The summed E-state index contributed by atoms with van der Waals surface area (Å²) < 4.78 is 45.5. The van der Waals surface area contributed by atoms with Crippen LogP contribution < -0.4 is 5.46 Å². The van der Waals surface area contributed by atoms with E-state index in [-0.39, 0.29) is 18.9 Å². The molecule has 1 aliphatic rings. The van der Waals surface area contributed by atoms with Crippen molar-refractivity contribution in [1.29, 1.82) is 0 Å². The minimum Gasteiger partial charge on any atom is -0.427 e. The van der Waals surface area contributed by atoms with Crippen LogP contribution in [0.25, 0.3) is 0 Å². The fourth-order valence-corrected chi connectivity index (χ4v) is 3.25. The van der Waals surface area contributed by atoms with Crippen molar-refractivity contribution in [2.45, 2.75) is 39.9 Å². The van der Waals surface area contributed by atoms with E-state index in [4.69, 9.17) is 4.65 Å². The number of fused-ring (bicyclic) bond motifs is 1. The molecule has 3 rings (SSSR count). The van der Waals surface area contributed by atoms with Gasteiger partial charge in [-0.15, -0.1) is 0 Å². The van der Waals surface area contributed by atoms with Crippen molar-refractivity contribution < 1.29 is 22.6 Å². The third-order valence-electron chi connectivity index (χ3n) is 4.82. The molecule has 0 radical (unpaired) electrons. The summed E-state index contributed by atoms with van der Waals surface area (Å²) in [7, 11) is 0. The smallest absolute Gasteiger partial charge is 0.417 e. The lowest BCUT2D eigenvalue weighted by Crippen LogP contribution is -2.25. The first-order chi connectivity index (χ1) is 11.7. The van der Waals surface area contributed by atoms with Crippen LogP contribution in [0.5, 0.6) is 0 Å². The Balaban J connectivity index is 1.97. The van der Waals surface area contributed by atoms with Crippen LogP contribution >= 0.6 is 0 Å². The van der Waals surface area contributed by atoms with Crippen molar-refractivity contribution >= 4 is 18.2 Å². The zero-order valence-electron chi connectivity index (χ0n) is 14.3. The lowest BCUT2D eigenvalue weighted by Gasteiger charge is -2.16. The van der Waals surface area contributed by atoms with E-state index >= 15 is 0 Å². The Labute approximate surface area is 145 Å². The topological polar surface area (TPSA) is 26.3 Å². The zero-order valence-corrected chi connectivity index (χ0v) is 14.3. The molecule has 0 unspecified atom stereocenters. The number of alkyl halides is 3. The van der Waals surface area contributed by atoms with Crippen LogP contribution in [0.2, 0.25) is 6.82 Å². The van der Waals surface area contributed by atoms with Gasteiger partial charge in [0.05, 0.1) is 12.2 Å². The standard InChI is InChI=1S/C19H18BF3O2/c1-11-4-7-15(19(21,22)23)18(12(11)2)17(24)9-13-5-6-14-10-25-20(3)16(14)8-13/h4-8H,9-10H2,1-3H3. The first kappa shape index (κ1) is 17.7. The highest BCUT2D eigenvalue weighted by molar-refractivity contribution is 6.67. The maximum Gasteiger partial charge on any atom is 0.417 e. The summed E-state index contributed by atoms with van der Waals surface area (Å²) in [4.78, 5) is 12.7. The minimum atomic E-state index is -4.55. The molecule has 0 N–H and O–H groups in total. The van der Waals surface area contributed by atoms with Gasteiger partial charge >= 0.3 is 13.1 Å². The molecule has 2 aromatic rings. The van der Waals surface area contributed by atoms with Crippen molar-refractivity contribution in [3.05, 3.63) is 63.7 Å². The van der Waals surface area contributed by atoms with Gasteiger partial charge in [-0.05, 0) is 47.6 Å². The summed E-state index contributed by atoms with van der Waals surface area (Å²) in [5, 5.41) is 0. The van der Waals surface area contributed by atoms with Gasteiger partial charge < -0.3 is 4.65 Å². The first-order valence-corrected chi connectivity index (χ1v) is 8.12. The van der Waals surface area contributed by atoms with Crippen LogP contribution in [0.15, 0.2) is 30.3 Å². The Hall–Kier alpha value is -2.08. The van der Waals surface area contributed by atoms with Gasteiger partial charge in [-0.25, -0.2) is 0 Å². The number of benzene rings is 2. The number of rotatable bonds is 3. The fourth-order valence-electron chi connectivity index (χ4n) is 3.25. The molecule has 0 atom stereocenters. The summed E-state index contributed by atoms with van der Waals surface area (Å²) in [5.74, 6) is -0.514. The molecular weight excluding hydrogens is 328 g/mol. The van der Waals surface area contributed by atoms with Gasteiger partial charge in [-0.1, -0.05) is 31.1 Å². The Kier molecular flexibility index (Phi) is 4.50. The molecule has 1 aliphatic heterocycles. The number of aryl methyl sites for hydroxylation is 1. The highest BCUT2D eigenvalue weighted by Gasteiger charge is 2.36. The van der Waals surface area contributed by atoms with E-state index in [0.29, 0.717) is 23.3 Å². The van der Waals surface area contributed by atoms with Gasteiger partial charge in [0, 0.05) is 12.0 Å². The predicted octanol–water partition coefficient (Wildman–Crippen LogP) is 4.11. The van der Waals surface area contributed by atoms with Gasteiger partial charge in [0.2, 0.25) is 0 Å². The Morgan fingerprint density at radius 3 is 2.60 bits per heavy atom. The molecular formula is C19H18BF3O2. The zero-order chi connectivity index (χ0) is 18.4. The van der Waals surface area contributed by atoms with E-state index in [2.05, 4.69) is 0 Å². The number of halogens is 3. The lowest BCUT2D eigenvalue weighted by molar-refractivity contribution is -0.138. The Morgan fingerprint density at radius 1 is 1.20 bits per heavy atom. The maximum absolute atomic E-state index is 13.3. The lowest BCUT2D eigenvalue weighted by atomic mass is 9.64. The highest BCUT2D eigenvalue weighted by Crippen LogP contribution is 2.35. The molecule has 25 heavy (non-hydrogen) atoms. The van der Waals surface area contributed by atoms with Crippen molar-refractivity contribution in [1.82, 2.24) is 0 Å². The van der Waals surface area contributed by atoms with E-state index in [1.165, 1.54) is 6.07 Å². The average molecular weight is 346 g/mol. The molecule has 2 aromatic carbocycles. The van der Waals surface area contributed by atoms with Gasteiger partial charge in [-0.3, -0.25) is 4.79 Å². The third-order valence-corrected chi connectivity index (χ3v) is 4.82. The van der Waals surface area contributed by atoms with E-state index < -0.39 is 17.5 Å². The van der Waals surface area contributed by atoms with Crippen molar-refractivity contribution in [3.63, 3.8) is 0 Å². The van der Waals surface area contributed by atoms with Gasteiger partial charge in [0.25, 0.3) is 0 Å². The number of ketones is 1. The molecule has 0 aliphatic carbocycles. The number of hydrogen-bond donors (Lipinski definition) is 0. The molecule has 0 amide bonds. The Morgan fingerprint density at radius 2 is 1.92 bits per heavy atom. The van der Waals surface area contributed by atoms with Crippen LogP contribution in [0.1, 0.15) is 38.2 Å². The Bertz CT molecular complexity index is 843. The quantitative estimate of drug-likeness (QED) is 0.618. The van der Waals surface area contributed by atoms with Crippen molar-refractivity contribution in [2.24, 2.45) is 0 Å². The van der Waals surface area contributed by atoms with Crippen LogP contribution in [0, 0.1) is 13.8 Å². The monoisotopic (exact) mass is 346 g/mol. The largest absolute Gasteiger partial charge is 0.427 e. The second-order valence-electron chi connectivity index (χ2n) is 6.51. The second-order valence-corrected chi connectivity index (χ2v) is 6.51. The van der Waals surface area contributed by atoms with Gasteiger partial charge in [0.15, 0.2) is 5.78 Å². The maximum atomic E-state index is 13.3. The van der Waals surface area contributed by atoms with E-state index in [9.17, 15) is 18.0 Å². The van der Waals surface area contributed by atoms with E-state index in [0.717, 1.165) is 17.1 Å². The van der Waals surface area contributed by atoms with Crippen molar-refractivity contribution in [2.75, 3.05) is 0 Å². The average Bonchev–Trinajstić information content (AvgIpc) is 2.89. The fraction of sp³-hybridized carbons (Fsp3) is 0.316. The van der Waals surface area contributed by atoms with Crippen LogP contribution in [0.4, 0.5) is 13.2 Å². The molecule has 0 bridgehead atoms. The highest BCUT2D eigenvalue weighted by atomic mass is 19.4. The third kappa shape index (κ3) is 3.36. The molecule has 0 saturated carbocycles. The van der Waals surface area contributed by atoms with Crippen LogP contribution in [-0.2, 0) is 23.9 Å². The van der Waals surface area contributed by atoms with Crippen molar-refractivity contribution in [3.8, 4) is 0 Å². The van der Waals surface area contributed by atoms with Gasteiger partial charge in [0.1, 0.15) is 0 Å². The summed E-state index contributed by atoms with van der Waals surface area (Å²) in [6, 6.07) is 7.94. The second kappa shape index (κ2) is 6.34. The summed E-state index contributed by atoms with van der Waals surface area (Å²) in [6.07, 6.45) is -4.61. The number of carbonyl (C=O) groups excluding carboxylic acids is 1. The number of carbonyl (C=O) groups is 1. The number of Topliss-reactive ketones (excluding diaryl/α,β-unsaturated/α-hetero) is 1. The molecule has 0 saturated heterocycles. The SMILES string of the molecule is CB1OCc2ccc(CC(=O)c3c(C(F)(F)F)ccc(C)c3C)cc21. The van der Waals surface area contributed by atoms with Gasteiger partial charge in [-0.2, -0.15) is 13.2 Å². The normalized spacial score (nSPS) is 13.9. The summed E-state index contributed by atoms with van der Waals surface area (Å²) in [5.41, 5.74) is 2.74. The summed E-state index contributed by atoms with van der Waals surface area (Å²) >= 11 is 0. The predicted molar refractivity (Wildman–Crippen MR) is 91.4 cm³/mol. The van der Waals surface area contributed by atoms with E-state index in [1.807, 2.05) is 19.0 Å². The molecule has 0 aromatic heterocycles. The first-order valence-electron chi connectivity index (χ1n) is 8.12. The van der Waals surface area contributed by atoms with Crippen LogP contribution in [0.3, 0.4) is 0 Å². The summed E-state index contributed by atoms with van der Waals surface area (Å²) in [6.45, 7) is 5.66. The minimum absolute atomic E-state index is 0.0588. The molecule has 1 heterocycles. The molecule has 6 heteroatoms. The molecule has 0 spiro atoms. The van der Waals surface area contributed by atoms with E-state index in [1.54, 1.807) is 19.9 Å². The number of hydrogen-bond acceptors (Lipinski definition) is 2. The van der Waals surface area contributed by atoms with Crippen LogP contribution in [-0.4, -0.2) is 12.7 Å². The molecule has 130 valence electrons. The molecule has 2 nitrogen and oxygen atoms in total. The molecule has 0 fully saturated rings.